The number of hydrogen-bond acceptors (Lipinski definition) is 3. The van der Waals surface area contributed by atoms with Crippen LogP contribution in [-0.4, -0.2) is 34.5 Å². The molecule has 1 saturated carbocycles. The molecular weight excluding hydrogens is 160 g/mol. The Morgan fingerprint density at radius 1 is 1.67 bits per heavy atom. The van der Waals surface area contributed by atoms with Gasteiger partial charge in [0.2, 0.25) is 0 Å². The first-order valence-corrected chi connectivity index (χ1v) is 3.95. The summed E-state index contributed by atoms with van der Waals surface area (Å²) in [6.07, 6.45) is 0.788. The lowest BCUT2D eigenvalue weighted by molar-refractivity contribution is 0.123. The first-order chi connectivity index (χ1) is 5.56. The average molecular weight is 174 g/mol. The van der Waals surface area contributed by atoms with Crippen LogP contribution in [0.25, 0.3) is 0 Å². The number of carbonyl (C=O) groups is 1. The Morgan fingerprint density at radius 3 is 2.67 bits per heavy atom. The molecule has 0 atom stereocenters. The van der Waals surface area contributed by atoms with Gasteiger partial charge < -0.3 is 21.3 Å². The third-order valence-corrected chi connectivity index (χ3v) is 2.24. The van der Waals surface area contributed by atoms with Crippen LogP contribution in [0.5, 0.6) is 0 Å². The summed E-state index contributed by atoms with van der Waals surface area (Å²) in [7, 11) is 0. The Bertz CT molecular complexity index is 177. The van der Waals surface area contributed by atoms with Crippen molar-refractivity contribution in [3.05, 3.63) is 0 Å². The number of aliphatic hydroxyl groups is 1. The normalized spacial score (nSPS) is 34.0. The maximum atomic E-state index is 10.2. The molecule has 0 heterocycles. The molecule has 1 aliphatic carbocycles. The Morgan fingerprint density at radius 2 is 2.25 bits per heavy atom. The summed E-state index contributed by atoms with van der Waals surface area (Å²) < 4.78 is 0. The fourth-order valence-electron chi connectivity index (χ4n) is 1.63. The molecule has 0 saturated heterocycles. The second-order valence-electron chi connectivity index (χ2n) is 3.39. The zero-order valence-corrected chi connectivity index (χ0v) is 6.79. The summed E-state index contributed by atoms with van der Waals surface area (Å²) in [6, 6.07) is -0.0287. The molecular formula is C7H14N2O3. The molecule has 1 amide bonds. The van der Waals surface area contributed by atoms with Gasteiger partial charge in [-0.1, -0.05) is 0 Å². The van der Waals surface area contributed by atoms with Gasteiger partial charge in [-0.15, -0.1) is 0 Å². The van der Waals surface area contributed by atoms with Gasteiger partial charge >= 0.3 is 6.09 Å². The first kappa shape index (κ1) is 9.28. The monoisotopic (exact) mass is 174 g/mol. The highest BCUT2D eigenvalue weighted by Crippen LogP contribution is 2.32. The van der Waals surface area contributed by atoms with Gasteiger partial charge in [-0.25, -0.2) is 4.79 Å². The predicted octanol–water partition coefficient (Wildman–Crippen LogP) is -0.504. The van der Waals surface area contributed by atoms with Crippen LogP contribution in [0, 0.1) is 0 Å². The standard InChI is InChI=1S/C7H14N2O3/c8-7(1-2-10)3-5(4-7)9-6(11)12/h5,9-10H,1-4,8H2,(H,11,12). The Labute approximate surface area is 70.6 Å². The van der Waals surface area contributed by atoms with Crippen molar-refractivity contribution < 1.29 is 15.0 Å². The third kappa shape index (κ3) is 2.09. The number of nitrogens with one attached hydrogen (secondary N) is 1. The van der Waals surface area contributed by atoms with Crippen molar-refractivity contribution >= 4 is 6.09 Å². The summed E-state index contributed by atoms with van der Waals surface area (Å²) in [5.74, 6) is 0. The van der Waals surface area contributed by atoms with E-state index in [1.54, 1.807) is 0 Å². The van der Waals surface area contributed by atoms with Gasteiger partial charge in [0.05, 0.1) is 0 Å². The molecule has 0 aromatic rings. The van der Waals surface area contributed by atoms with E-state index in [1.807, 2.05) is 0 Å². The lowest BCUT2D eigenvalue weighted by Gasteiger charge is -2.44. The fraction of sp³-hybridized carbons (Fsp3) is 0.857. The van der Waals surface area contributed by atoms with Crippen LogP contribution in [0.2, 0.25) is 0 Å². The van der Waals surface area contributed by atoms with Crippen molar-refractivity contribution in [2.75, 3.05) is 6.61 Å². The van der Waals surface area contributed by atoms with Crippen molar-refractivity contribution in [1.82, 2.24) is 5.32 Å². The number of rotatable bonds is 3. The molecule has 0 radical (unpaired) electrons. The molecule has 12 heavy (non-hydrogen) atoms. The third-order valence-electron chi connectivity index (χ3n) is 2.24. The minimum Gasteiger partial charge on any atom is -0.465 e. The molecule has 1 aliphatic rings. The van der Waals surface area contributed by atoms with E-state index >= 15 is 0 Å². The number of carboxylic acid groups (broad SMARTS) is 1. The van der Waals surface area contributed by atoms with Crippen molar-refractivity contribution in [3.63, 3.8) is 0 Å². The molecule has 70 valence electrons. The smallest absolute Gasteiger partial charge is 0.404 e. The summed E-state index contributed by atoms with van der Waals surface area (Å²) in [6.45, 7) is 0.0658. The zero-order valence-electron chi connectivity index (χ0n) is 6.79. The Hall–Kier alpha value is -0.810. The molecule has 0 bridgehead atoms. The van der Waals surface area contributed by atoms with Crippen molar-refractivity contribution in [2.24, 2.45) is 5.73 Å². The number of aliphatic hydroxyl groups excluding tert-OH is 1. The number of hydrogen-bond donors (Lipinski definition) is 4. The lowest BCUT2D eigenvalue weighted by Crippen LogP contribution is -2.60. The van der Waals surface area contributed by atoms with Crippen LogP contribution >= 0.6 is 0 Å². The van der Waals surface area contributed by atoms with Crippen molar-refractivity contribution in [2.45, 2.75) is 30.8 Å². The lowest BCUT2D eigenvalue weighted by atomic mass is 9.71. The molecule has 1 fully saturated rings. The fourth-order valence-corrected chi connectivity index (χ4v) is 1.63. The van der Waals surface area contributed by atoms with Gasteiger partial charge in [-0.3, -0.25) is 0 Å². The summed E-state index contributed by atoms with van der Waals surface area (Å²) >= 11 is 0. The van der Waals surface area contributed by atoms with E-state index in [2.05, 4.69) is 5.32 Å². The Kier molecular flexibility index (Phi) is 2.54. The van der Waals surface area contributed by atoms with Gasteiger partial charge in [0, 0.05) is 18.2 Å². The van der Waals surface area contributed by atoms with E-state index in [-0.39, 0.29) is 18.2 Å². The van der Waals surface area contributed by atoms with Crippen LogP contribution in [0.15, 0.2) is 0 Å². The minimum absolute atomic E-state index is 0.0287. The predicted molar refractivity (Wildman–Crippen MR) is 42.8 cm³/mol. The second-order valence-corrected chi connectivity index (χ2v) is 3.39. The highest BCUT2D eigenvalue weighted by Gasteiger charge is 2.40. The Balaban J connectivity index is 2.22. The first-order valence-electron chi connectivity index (χ1n) is 3.95. The van der Waals surface area contributed by atoms with Crippen LogP contribution < -0.4 is 11.1 Å². The highest BCUT2D eigenvalue weighted by atomic mass is 16.4. The molecule has 5 heteroatoms. The van der Waals surface area contributed by atoms with Crippen LogP contribution in [-0.2, 0) is 0 Å². The van der Waals surface area contributed by atoms with E-state index < -0.39 is 6.09 Å². The van der Waals surface area contributed by atoms with Crippen LogP contribution in [0.3, 0.4) is 0 Å². The van der Waals surface area contributed by atoms with Crippen molar-refractivity contribution in [1.29, 1.82) is 0 Å². The summed E-state index contributed by atoms with van der Waals surface area (Å²) in [5, 5.41) is 19.3. The maximum absolute atomic E-state index is 10.2. The quantitative estimate of drug-likeness (QED) is 0.463. The topological polar surface area (TPSA) is 95.6 Å². The minimum atomic E-state index is -1.01. The van der Waals surface area contributed by atoms with Gasteiger partial charge in [-0.2, -0.15) is 0 Å². The molecule has 0 spiro atoms. The van der Waals surface area contributed by atoms with E-state index in [9.17, 15) is 4.79 Å². The summed E-state index contributed by atoms with van der Waals surface area (Å²) in [5.41, 5.74) is 5.44. The molecule has 0 aromatic carbocycles. The highest BCUT2D eigenvalue weighted by molar-refractivity contribution is 5.65. The molecule has 0 aromatic heterocycles. The molecule has 5 nitrogen and oxygen atoms in total. The van der Waals surface area contributed by atoms with Crippen molar-refractivity contribution in [3.8, 4) is 0 Å². The second kappa shape index (κ2) is 3.28. The van der Waals surface area contributed by atoms with E-state index in [4.69, 9.17) is 15.9 Å². The van der Waals surface area contributed by atoms with E-state index in [0.717, 1.165) is 0 Å². The number of amides is 1. The largest absolute Gasteiger partial charge is 0.465 e. The molecule has 0 unspecified atom stereocenters. The van der Waals surface area contributed by atoms with Gasteiger partial charge in [-0.05, 0) is 19.3 Å². The van der Waals surface area contributed by atoms with E-state index in [0.29, 0.717) is 19.3 Å². The average Bonchev–Trinajstić information content (AvgIpc) is 1.83. The maximum Gasteiger partial charge on any atom is 0.404 e. The van der Waals surface area contributed by atoms with E-state index in [1.165, 1.54) is 0 Å². The van der Waals surface area contributed by atoms with Crippen LogP contribution in [0.4, 0.5) is 4.79 Å². The van der Waals surface area contributed by atoms with Crippen LogP contribution in [0.1, 0.15) is 19.3 Å². The molecule has 0 aliphatic heterocycles. The molecule has 1 rings (SSSR count). The number of nitrogens with two attached hydrogens (primary N) is 1. The van der Waals surface area contributed by atoms with Gasteiger partial charge in [0.25, 0.3) is 0 Å². The van der Waals surface area contributed by atoms with Gasteiger partial charge in [0.1, 0.15) is 0 Å². The van der Waals surface area contributed by atoms with Gasteiger partial charge in [0.15, 0.2) is 0 Å². The summed E-state index contributed by atoms with van der Waals surface area (Å²) in [4.78, 5) is 10.2. The zero-order chi connectivity index (χ0) is 9.19. The molecule has 5 N–H and O–H groups in total. The SMILES string of the molecule is NC1(CCO)CC(NC(=O)O)C1.